The zero-order chi connectivity index (χ0) is 21.9. The summed E-state index contributed by atoms with van der Waals surface area (Å²) >= 11 is 7.16. The number of esters is 1. The summed E-state index contributed by atoms with van der Waals surface area (Å²) in [5.74, 6) is -1.24. The minimum atomic E-state index is -0.662. The molecule has 156 valence electrons. The van der Waals surface area contributed by atoms with Crippen molar-refractivity contribution in [1.29, 1.82) is 0 Å². The molecule has 2 rings (SSSR count). The Hall–Kier alpha value is -2.38. The molecular weight excluding hydrogens is 412 g/mol. The molecule has 0 fully saturated rings. The Balaban J connectivity index is 2.41. The third kappa shape index (κ3) is 5.36. The van der Waals surface area contributed by atoms with Gasteiger partial charge in [0.25, 0.3) is 5.91 Å². The summed E-state index contributed by atoms with van der Waals surface area (Å²) < 4.78 is 5.12. The lowest BCUT2D eigenvalue weighted by atomic mass is 9.96. The average Bonchev–Trinajstić information content (AvgIpc) is 2.94. The molecule has 0 saturated carbocycles. The van der Waals surface area contributed by atoms with Gasteiger partial charge < -0.3 is 15.4 Å². The highest BCUT2D eigenvalue weighted by Gasteiger charge is 2.29. The molecule has 0 bridgehead atoms. The predicted octanol–water partition coefficient (Wildman–Crippen LogP) is 5.43. The molecule has 0 aliphatic rings. The number of thiophene rings is 1. The average molecular weight is 437 g/mol. The normalized spacial score (nSPS) is 11.1. The van der Waals surface area contributed by atoms with Gasteiger partial charge in [0.05, 0.1) is 17.0 Å². The van der Waals surface area contributed by atoms with E-state index in [0.29, 0.717) is 26.2 Å². The van der Waals surface area contributed by atoms with Gasteiger partial charge in [0, 0.05) is 16.1 Å². The van der Waals surface area contributed by atoms with E-state index in [0.717, 1.165) is 16.9 Å². The Morgan fingerprint density at radius 2 is 1.79 bits per heavy atom. The van der Waals surface area contributed by atoms with Crippen molar-refractivity contribution in [3.63, 3.8) is 0 Å². The van der Waals surface area contributed by atoms with E-state index in [4.69, 9.17) is 16.3 Å². The fraction of sp³-hybridized carbons (Fsp3) is 0.381. The molecule has 6 nitrogen and oxygen atoms in total. The van der Waals surface area contributed by atoms with Crippen LogP contribution in [-0.2, 0) is 9.53 Å². The van der Waals surface area contributed by atoms with Crippen molar-refractivity contribution < 1.29 is 19.1 Å². The van der Waals surface area contributed by atoms with E-state index >= 15 is 0 Å². The van der Waals surface area contributed by atoms with Gasteiger partial charge in [-0.15, -0.1) is 11.3 Å². The molecule has 2 aromatic rings. The van der Waals surface area contributed by atoms with E-state index < -0.39 is 17.3 Å². The molecule has 0 unspecified atom stereocenters. The number of halogens is 1. The molecule has 2 N–H and O–H groups in total. The number of carbonyl (C=O) groups excluding carboxylic acids is 3. The first kappa shape index (κ1) is 22.9. The summed E-state index contributed by atoms with van der Waals surface area (Å²) in [5.41, 5.74) is 1.42. The highest BCUT2D eigenvalue weighted by atomic mass is 35.5. The van der Waals surface area contributed by atoms with E-state index in [1.165, 1.54) is 0 Å². The number of aryl methyl sites for hydroxylation is 1. The fourth-order valence-corrected chi connectivity index (χ4v) is 3.68. The van der Waals surface area contributed by atoms with Gasteiger partial charge in [0.15, 0.2) is 0 Å². The number of benzene rings is 1. The molecule has 0 radical (unpaired) electrons. The molecule has 1 heterocycles. The number of carbonyl (C=O) groups is 3. The predicted molar refractivity (Wildman–Crippen MR) is 117 cm³/mol. The third-order valence-corrected chi connectivity index (χ3v) is 5.78. The lowest BCUT2D eigenvalue weighted by Gasteiger charge is -2.17. The van der Waals surface area contributed by atoms with Crippen molar-refractivity contribution in [2.75, 3.05) is 17.2 Å². The molecule has 0 spiro atoms. The zero-order valence-electron chi connectivity index (χ0n) is 17.4. The van der Waals surface area contributed by atoms with Gasteiger partial charge in [-0.25, -0.2) is 4.79 Å². The number of hydrogen-bond donors (Lipinski definition) is 2. The van der Waals surface area contributed by atoms with E-state index in [1.807, 2.05) is 6.92 Å². The third-order valence-electron chi connectivity index (χ3n) is 4.17. The summed E-state index contributed by atoms with van der Waals surface area (Å²) in [7, 11) is 0. The minimum Gasteiger partial charge on any atom is -0.462 e. The van der Waals surface area contributed by atoms with E-state index in [2.05, 4.69) is 10.6 Å². The molecule has 8 heteroatoms. The van der Waals surface area contributed by atoms with Crippen molar-refractivity contribution in [1.82, 2.24) is 0 Å². The smallest absolute Gasteiger partial charge is 0.341 e. The van der Waals surface area contributed by atoms with Crippen LogP contribution in [0.3, 0.4) is 0 Å². The molecule has 1 aromatic heterocycles. The van der Waals surface area contributed by atoms with Crippen molar-refractivity contribution in [3.8, 4) is 0 Å². The van der Waals surface area contributed by atoms with Crippen molar-refractivity contribution in [2.45, 2.75) is 41.5 Å². The Morgan fingerprint density at radius 3 is 2.34 bits per heavy atom. The van der Waals surface area contributed by atoms with Gasteiger partial charge in [0.2, 0.25) is 5.91 Å². The lowest BCUT2D eigenvalue weighted by molar-refractivity contribution is -0.123. The molecule has 1 aromatic carbocycles. The second kappa shape index (κ2) is 8.97. The van der Waals surface area contributed by atoms with Gasteiger partial charge >= 0.3 is 5.97 Å². The van der Waals surface area contributed by atoms with Crippen LogP contribution in [-0.4, -0.2) is 24.4 Å². The van der Waals surface area contributed by atoms with Crippen molar-refractivity contribution in [3.05, 3.63) is 44.8 Å². The summed E-state index contributed by atoms with van der Waals surface area (Å²) in [6.07, 6.45) is 0. The standard InChI is InChI=1S/C21H25ClN2O4S/c1-7-28-19(26)15-12(3)16(29-18(15)24-20(27)21(4,5)6)17(25)23-13-9-8-11(2)14(22)10-13/h8-10H,7H2,1-6H3,(H,23,25)(H,24,27). The molecule has 0 aliphatic carbocycles. The van der Waals surface area contributed by atoms with Crippen LogP contribution in [0.5, 0.6) is 0 Å². The van der Waals surface area contributed by atoms with Gasteiger partial charge in [0.1, 0.15) is 5.00 Å². The molecule has 29 heavy (non-hydrogen) atoms. The van der Waals surface area contributed by atoms with Crippen LogP contribution in [0.4, 0.5) is 10.7 Å². The van der Waals surface area contributed by atoms with Crippen molar-refractivity contribution in [2.24, 2.45) is 5.41 Å². The van der Waals surface area contributed by atoms with Crippen LogP contribution < -0.4 is 10.6 Å². The number of rotatable bonds is 5. The second-order valence-corrected chi connectivity index (χ2v) is 9.03. The zero-order valence-corrected chi connectivity index (χ0v) is 18.9. The fourth-order valence-electron chi connectivity index (χ4n) is 2.42. The van der Waals surface area contributed by atoms with Crippen LogP contribution in [0.1, 0.15) is 58.9 Å². The Labute approximate surface area is 179 Å². The summed E-state index contributed by atoms with van der Waals surface area (Å²) in [4.78, 5) is 38.1. The topological polar surface area (TPSA) is 84.5 Å². The lowest BCUT2D eigenvalue weighted by Crippen LogP contribution is -2.28. The van der Waals surface area contributed by atoms with Crippen LogP contribution in [0.25, 0.3) is 0 Å². The number of ether oxygens (including phenoxy) is 1. The largest absolute Gasteiger partial charge is 0.462 e. The van der Waals surface area contributed by atoms with E-state index in [9.17, 15) is 14.4 Å². The first-order chi connectivity index (χ1) is 13.5. The van der Waals surface area contributed by atoms with Gasteiger partial charge in [-0.3, -0.25) is 9.59 Å². The van der Waals surface area contributed by atoms with E-state index in [1.54, 1.807) is 52.8 Å². The Bertz CT molecular complexity index is 960. The van der Waals surface area contributed by atoms with Crippen LogP contribution in [0.15, 0.2) is 18.2 Å². The second-order valence-electron chi connectivity index (χ2n) is 7.60. The van der Waals surface area contributed by atoms with E-state index in [-0.39, 0.29) is 18.1 Å². The molecule has 0 atom stereocenters. The Morgan fingerprint density at radius 1 is 1.14 bits per heavy atom. The molecular formula is C21H25ClN2O4S. The highest BCUT2D eigenvalue weighted by Crippen LogP contribution is 2.35. The number of anilines is 2. The minimum absolute atomic E-state index is 0.185. The monoisotopic (exact) mass is 436 g/mol. The number of hydrogen-bond acceptors (Lipinski definition) is 5. The summed E-state index contributed by atoms with van der Waals surface area (Å²) in [5, 5.41) is 6.39. The van der Waals surface area contributed by atoms with Crippen LogP contribution in [0.2, 0.25) is 5.02 Å². The first-order valence-corrected chi connectivity index (χ1v) is 10.3. The maximum Gasteiger partial charge on any atom is 0.341 e. The maximum atomic E-state index is 12.9. The molecule has 0 aliphatic heterocycles. The van der Waals surface area contributed by atoms with Crippen LogP contribution in [0, 0.1) is 19.3 Å². The number of nitrogens with one attached hydrogen (secondary N) is 2. The van der Waals surface area contributed by atoms with Crippen LogP contribution >= 0.6 is 22.9 Å². The summed E-state index contributed by atoms with van der Waals surface area (Å²) in [6, 6.07) is 5.21. The Kier molecular flexibility index (Phi) is 7.08. The quantitative estimate of drug-likeness (QED) is 0.612. The first-order valence-electron chi connectivity index (χ1n) is 9.15. The van der Waals surface area contributed by atoms with Crippen molar-refractivity contribution >= 4 is 51.4 Å². The highest BCUT2D eigenvalue weighted by molar-refractivity contribution is 7.19. The molecule has 2 amide bonds. The summed E-state index contributed by atoms with van der Waals surface area (Å²) in [6.45, 7) is 10.7. The van der Waals surface area contributed by atoms with Gasteiger partial charge in [-0.05, 0) is 44.0 Å². The van der Waals surface area contributed by atoms with Gasteiger partial charge in [-0.2, -0.15) is 0 Å². The van der Waals surface area contributed by atoms with Gasteiger partial charge in [-0.1, -0.05) is 38.4 Å². The molecule has 0 saturated heterocycles. The SMILES string of the molecule is CCOC(=O)c1c(NC(=O)C(C)(C)C)sc(C(=O)Nc2ccc(C)c(Cl)c2)c1C. The number of amides is 2. The maximum absolute atomic E-state index is 12.9.